The van der Waals surface area contributed by atoms with E-state index in [1.807, 2.05) is 0 Å². The lowest BCUT2D eigenvalue weighted by atomic mass is 10.2. The summed E-state index contributed by atoms with van der Waals surface area (Å²) in [5, 5.41) is 3.94. The van der Waals surface area contributed by atoms with Gasteiger partial charge in [-0.15, -0.1) is 0 Å². The van der Waals surface area contributed by atoms with Crippen LogP contribution in [0.4, 0.5) is 10.1 Å². The highest BCUT2D eigenvalue weighted by molar-refractivity contribution is 6.38. The van der Waals surface area contributed by atoms with Crippen LogP contribution in [0.25, 0.3) is 0 Å². The van der Waals surface area contributed by atoms with Crippen molar-refractivity contribution in [2.75, 3.05) is 7.11 Å². The van der Waals surface area contributed by atoms with Gasteiger partial charge >= 0.3 is 0 Å². The van der Waals surface area contributed by atoms with Crippen molar-refractivity contribution in [3.63, 3.8) is 0 Å². The van der Waals surface area contributed by atoms with Crippen LogP contribution in [0.15, 0.2) is 40.1 Å². The molecule has 0 spiro atoms. The molecular weight excluding hydrogens is 398 g/mol. The molecule has 0 amide bonds. The Balaban J connectivity index is 1.88. The van der Waals surface area contributed by atoms with E-state index in [1.54, 1.807) is 13.0 Å². The van der Waals surface area contributed by atoms with Gasteiger partial charge in [0.05, 0.1) is 17.2 Å². The number of hydrogen-bond acceptors (Lipinski definition) is 7. The number of methoxy groups -OCH3 is 1. The van der Waals surface area contributed by atoms with E-state index in [4.69, 9.17) is 37.2 Å². The van der Waals surface area contributed by atoms with Crippen LogP contribution in [-0.4, -0.2) is 28.2 Å². The average molecular weight is 411 g/mol. The minimum atomic E-state index is -0.800. The van der Waals surface area contributed by atoms with Crippen LogP contribution in [0, 0.1) is 6.92 Å². The SMILES string of the molecule is COc1ccc(C(F)=Nc2c(Cl)cncc2Cl)cc1OCc1nc(C)no1. The summed E-state index contributed by atoms with van der Waals surface area (Å²) in [6.45, 7) is 1.69. The summed E-state index contributed by atoms with van der Waals surface area (Å²) >= 11 is 11.9. The van der Waals surface area contributed by atoms with Gasteiger partial charge in [-0.3, -0.25) is 4.98 Å². The molecule has 0 aliphatic rings. The smallest absolute Gasteiger partial charge is 0.264 e. The Kier molecular flexibility index (Phi) is 5.88. The largest absolute Gasteiger partial charge is 0.493 e. The monoisotopic (exact) mass is 410 g/mol. The van der Waals surface area contributed by atoms with Crippen molar-refractivity contribution >= 4 is 34.9 Å². The predicted octanol–water partition coefficient (Wildman–Crippen LogP) is 4.72. The molecule has 27 heavy (non-hydrogen) atoms. The topological polar surface area (TPSA) is 82.6 Å². The number of ether oxygens (including phenoxy) is 2. The summed E-state index contributed by atoms with van der Waals surface area (Å²) < 4.78 is 30.5. The molecule has 2 heterocycles. The van der Waals surface area contributed by atoms with Crippen molar-refractivity contribution in [2.45, 2.75) is 13.5 Å². The Hall–Kier alpha value is -2.71. The van der Waals surface area contributed by atoms with Gasteiger partial charge in [0.2, 0.25) is 5.97 Å². The van der Waals surface area contributed by atoms with Gasteiger partial charge in [0.25, 0.3) is 5.89 Å². The van der Waals surface area contributed by atoms with Crippen molar-refractivity contribution in [3.05, 3.63) is 57.9 Å². The van der Waals surface area contributed by atoms with E-state index in [9.17, 15) is 4.39 Å². The molecular formula is C17H13Cl2FN4O3. The van der Waals surface area contributed by atoms with Crippen LogP contribution in [-0.2, 0) is 6.61 Å². The van der Waals surface area contributed by atoms with E-state index in [1.165, 1.54) is 31.6 Å². The number of nitrogens with zero attached hydrogens (tertiary/aromatic N) is 4. The first kappa shape index (κ1) is 19.1. The fourth-order valence-electron chi connectivity index (χ4n) is 2.13. The zero-order valence-corrected chi connectivity index (χ0v) is 15.8. The molecule has 0 aliphatic heterocycles. The molecule has 0 fully saturated rings. The maximum atomic E-state index is 14.6. The van der Waals surface area contributed by atoms with Crippen LogP contribution < -0.4 is 9.47 Å². The lowest BCUT2D eigenvalue weighted by Gasteiger charge is -2.10. The molecule has 0 bridgehead atoms. The number of halogens is 3. The molecule has 140 valence electrons. The minimum absolute atomic E-state index is 0.00141. The normalized spacial score (nSPS) is 11.5. The van der Waals surface area contributed by atoms with Crippen molar-refractivity contribution in [1.82, 2.24) is 15.1 Å². The van der Waals surface area contributed by atoms with Crippen LogP contribution in [0.2, 0.25) is 10.0 Å². The third-order valence-electron chi connectivity index (χ3n) is 3.36. The Morgan fingerprint density at radius 1 is 1.22 bits per heavy atom. The molecule has 7 nitrogen and oxygen atoms in total. The van der Waals surface area contributed by atoms with E-state index < -0.39 is 5.97 Å². The summed E-state index contributed by atoms with van der Waals surface area (Å²) in [5.74, 6) is 0.653. The first-order chi connectivity index (χ1) is 13.0. The summed E-state index contributed by atoms with van der Waals surface area (Å²) in [6, 6.07) is 4.48. The number of pyridine rings is 1. The molecule has 1 aromatic carbocycles. The van der Waals surface area contributed by atoms with Gasteiger partial charge in [0.15, 0.2) is 23.9 Å². The first-order valence-electron chi connectivity index (χ1n) is 7.61. The molecule has 0 saturated carbocycles. The predicted molar refractivity (Wildman–Crippen MR) is 97.9 cm³/mol. The summed E-state index contributed by atoms with van der Waals surface area (Å²) in [4.78, 5) is 11.7. The summed E-state index contributed by atoms with van der Waals surface area (Å²) in [6.07, 6.45) is 2.66. The van der Waals surface area contributed by atoms with Crippen molar-refractivity contribution in [2.24, 2.45) is 4.99 Å². The zero-order chi connectivity index (χ0) is 19.4. The quantitative estimate of drug-likeness (QED) is 0.546. The van der Waals surface area contributed by atoms with Crippen LogP contribution in [0.1, 0.15) is 17.3 Å². The number of aliphatic imine (C=N–C) groups is 1. The van der Waals surface area contributed by atoms with Gasteiger partial charge in [0, 0.05) is 18.0 Å². The lowest BCUT2D eigenvalue weighted by molar-refractivity contribution is 0.233. The molecule has 0 N–H and O–H groups in total. The highest BCUT2D eigenvalue weighted by Gasteiger charge is 2.13. The van der Waals surface area contributed by atoms with Crippen molar-refractivity contribution < 1.29 is 18.4 Å². The van der Waals surface area contributed by atoms with Gasteiger partial charge in [-0.1, -0.05) is 28.4 Å². The second-order valence-electron chi connectivity index (χ2n) is 5.24. The molecule has 0 unspecified atom stereocenters. The molecule has 0 radical (unpaired) electrons. The fourth-order valence-corrected chi connectivity index (χ4v) is 2.58. The fraction of sp³-hybridized carbons (Fsp3) is 0.176. The van der Waals surface area contributed by atoms with E-state index in [-0.39, 0.29) is 39.5 Å². The minimum Gasteiger partial charge on any atom is -0.493 e. The Morgan fingerprint density at radius 2 is 1.96 bits per heavy atom. The van der Waals surface area contributed by atoms with E-state index in [0.717, 1.165) is 0 Å². The maximum absolute atomic E-state index is 14.6. The van der Waals surface area contributed by atoms with Gasteiger partial charge < -0.3 is 14.0 Å². The zero-order valence-electron chi connectivity index (χ0n) is 14.2. The van der Waals surface area contributed by atoms with Gasteiger partial charge in [-0.25, -0.2) is 4.99 Å². The highest BCUT2D eigenvalue weighted by atomic mass is 35.5. The van der Waals surface area contributed by atoms with Crippen LogP contribution >= 0.6 is 23.2 Å². The second kappa shape index (κ2) is 8.32. The third kappa shape index (κ3) is 4.53. The molecule has 0 atom stereocenters. The second-order valence-corrected chi connectivity index (χ2v) is 6.06. The Bertz CT molecular complexity index is 974. The Morgan fingerprint density at radius 3 is 2.59 bits per heavy atom. The average Bonchev–Trinajstić information content (AvgIpc) is 3.08. The number of aryl methyl sites for hydroxylation is 1. The Labute approximate surface area is 163 Å². The standard InChI is InChI=1S/C17H13Cl2FN4O3/c1-9-22-15(27-24-9)8-26-14-5-10(3-4-13(14)25-2)17(20)23-16-11(18)6-21-7-12(16)19/h3-7H,8H2,1-2H3. The molecule has 0 saturated heterocycles. The molecule has 2 aromatic heterocycles. The van der Waals surface area contributed by atoms with Crippen molar-refractivity contribution in [3.8, 4) is 11.5 Å². The number of hydrogen-bond donors (Lipinski definition) is 0. The van der Waals surface area contributed by atoms with Gasteiger partial charge in [-0.2, -0.15) is 9.37 Å². The lowest BCUT2D eigenvalue weighted by Crippen LogP contribution is -2.00. The number of benzene rings is 1. The van der Waals surface area contributed by atoms with E-state index in [2.05, 4.69) is 20.1 Å². The molecule has 10 heteroatoms. The molecule has 0 aliphatic carbocycles. The van der Waals surface area contributed by atoms with Crippen LogP contribution in [0.5, 0.6) is 11.5 Å². The van der Waals surface area contributed by atoms with E-state index in [0.29, 0.717) is 11.6 Å². The molecule has 3 aromatic rings. The first-order valence-corrected chi connectivity index (χ1v) is 8.37. The highest BCUT2D eigenvalue weighted by Crippen LogP contribution is 2.34. The number of rotatable bonds is 6. The van der Waals surface area contributed by atoms with Gasteiger partial charge in [-0.05, 0) is 25.1 Å². The van der Waals surface area contributed by atoms with E-state index >= 15 is 0 Å². The number of aromatic nitrogens is 3. The third-order valence-corrected chi connectivity index (χ3v) is 3.91. The van der Waals surface area contributed by atoms with Gasteiger partial charge in [0.1, 0.15) is 5.69 Å². The van der Waals surface area contributed by atoms with Crippen LogP contribution in [0.3, 0.4) is 0 Å². The summed E-state index contributed by atoms with van der Waals surface area (Å²) in [5.41, 5.74) is 0.238. The summed E-state index contributed by atoms with van der Waals surface area (Å²) in [7, 11) is 1.47. The van der Waals surface area contributed by atoms with Crippen molar-refractivity contribution in [1.29, 1.82) is 0 Å². The maximum Gasteiger partial charge on any atom is 0.264 e. The molecule has 3 rings (SSSR count).